The fourth-order valence-corrected chi connectivity index (χ4v) is 4.19. The Kier molecular flexibility index (Phi) is 22.6. The SMILES string of the molecule is CC(C)(C)CCN(CCO)CCO.CCC.CCC(CO)(CO)CC(C)C.C[C@H]1CO[C@H]2[C@@H]1OC[C@H]2O. The van der Waals surface area contributed by atoms with E-state index < -0.39 is 6.10 Å². The summed E-state index contributed by atoms with van der Waals surface area (Å²) in [6.45, 7) is 23.1. The van der Waals surface area contributed by atoms with E-state index in [-0.39, 0.29) is 44.1 Å². The second kappa shape index (κ2) is 21.5. The molecule has 2 heterocycles. The maximum atomic E-state index is 9.27. The van der Waals surface area contributed by atoms with Gasteiger partial charge in [-0.2, -0.15) is 0 Å². The molecule has 4 atom stereocenters. The Balaban J connectivity index is 0. The van der Waals surface area contributed by atoms with Crippen molar-refractivity contribution in [2.45, 2.75) is 106 Å². The third-order valence-corrected chi connectivity index (χ3v) is 6.55. The first-order chi connectivity index (χ1) is 17.3. The molecule has 2 rings (SSSR count). The molecule has 8 heteroatoms. The second-order valence-corrected chi connectivity index (χ2v) is 12.2. The first-order valence-electron chi connectivity index (χ1n) is 14.4. The molecule has 0 aromatic heterocycles. The first-order valence-corrected chi connectivity index (χ1v) is 14.4. The van der Waals surface area contributed by atoms with Crippen LogP contribution in [0.4, 0.5) is 0 Å². The van der Waals surface area contributed by atoms with Gasteiger partial charge in [0, 0.05) is 24.4 Å². The number of nitrogens with zero attached hydrogens (tertiary/aromatic N) is 1. The monoisotopic (exact) mass is 537 g/mol. The first kappa shape index (κ1) is 38.8. The highest BCUT2D eigenvalue weighted by Gasteiger charge is 2.44. The van der Waals surface area contributed by atoms with E-state index in [9.17, 15) is 5.11 Å². The number of fused-ring (bicyclic) bond motifs is 1. The van der Waals surface area contributed by atoms with E-state index in [4.69, 9.17) is 29.9 Å². The average molecular weight is 538 g/mol. The van der Waals surface area contributed by atoms with Gasteiger partial charge in [-0.25, -0.2) is 0 Å². The van der Waals surface area contributed by atoms with Crippen LogP contribution in [-0.2, 0) is 9.47 Å². The quantitative estimate of drug-likeness (QED) is 0.272. The molecular weight excluding hydrogens is 474 g/mol. The fourth-order valence-electron chi connectivity index (χ4n) is 4.19. The lowest BCUT2D eigenvalue weighted by Gasteiger charge is -2.29. The van der Waals surface area contributed by atoms with Gasteiger partial charge in [0.1, 0.15) is 12.2 Å². The highest BCUT2D eigenvalue weighted by molar-refractivity contribution is 4.92. The van der Waals surface area contributed by atoms with Crippen LogP contribution in [0, 0.1) is 22.7 Å². The average Bonchev–Trinajstić information content (AvgIpc) is 3.39. The molecule has 2 aliphatic rings. The van der Waals surface area contributed by atoms with Gasteiger partial charge in [-0.05, 0) is 37.1 Å². The highest BCUT2D eigenvalue weighted by Crippen LogP contribution is 2.30. The molecular formula is C29H63NO7. The Labute approximate surface area is 228 Å². The molecule has 0 amide bonds. The number of rotatable bonds is 11. The summed E-state index contributed by atoms with van der Waals surface area (Å²) in [5, 5.41) is 44.9. The zero-order valence-corrected chi connectivity index (χ0v) is 25.6. The Hall–Kier alpha value is -0.320. The van der Waals surface area contributed by atoms with E-state index in [1.54, 1.807) is 0 Å². The molecule has 2 saturated heterocycles. The van der Waals surface area contributed by atoms with Crippen molar-refractivity contribution < 1.29 is 35.0 Å². The molecule has 0 spiro atoms. The standard InChI is InChI=1S/C10H23NO2.C9H20O2.C7H12O3.C3H8/c1-10(2,3)4-5-11(6-8-12)7-9-13;1-4-9(6-10,7-11)5-8(2)3;1-4-2-9-7-5(8)3-10-6(4)7;1-3-2/h12-13H,4-9H2,1-3H3;8,10-11H,4-7H2,1-3H3;4-8H,2-3H2,1H3;3H2,1-2H3/t;;4-,5+,6+,7+;/m..0./s1. The predicted octanol–water partition coefficient (Wildman–Crippen LogP) is 3.32. The van der Waals surface area contributed by atoms with Crippen molar-refractivity contribution in [3.63, 3.8) is 0 Å². The van der Waals surface area contributed by atoms with Crippen molar-refractivity contribution in [1.82, 2.24) is 4.90 Å². The van der Waals surface area contributed by atoms with Gasteiger partial charge in [0.25, 0.3) is 0 Å². The molecule has 226 valence electrons. The fraction of sp³-hybridized carbons (Fsp3) is 1.00. The van der Waals surface area contributed by atoms with Gasteiger partial charge >= 0.3 is 0 Å². The number of aliphatic hydroxyl groups is 5. The second-order valence-electron chi connectivity index (χ2n) is 12.2. The van der Waals surface area contributed by atoms with E-state index in [2.05, 4.69) is 60.3 Å². The van der Waals surface area contributed by atoms with Gasteiger partial charge in [0.15, 0.2) is 0 Å². The minimum atomic E-state index is -0.394. The Morgan fingerprint density at radius 3 is 1.65 bits per heavy atom. The number of ether oxygens (including phenoxy) is 2. The maximum Gasteiger partial charge on any atom is 0.112 e. The van der Waals surface area contributed by atoms with Gasteiger partial charge in [-0.3, -0.25) is 4.90 Å². The molecule has 37 heavy (non-hydrogen) atoms. The van der Waals surface area contributed by atoms with Crippen molar-refractivity contribution >= 4 is 0 Å². The zero-order chi connectivity index (χ0) is 29.1. The molecule has 0 aromatic rings. The number of hydrogen-bond acceptors (Lipinski definition) is 8. The summed E-state index contributed by atoms with van der Waals surface area (Å²) in [5.74, 6) is 0.983. The van der Waals surface area contributed by atoms with E-state index in [0.717, 1.165) is 32.4 Å². The summed E-state index contributed by atoms with van der Waals surface area (Å²) in [4.78, 5) is 2.09. The molecule has 2 aliphatic heterocycles. The van der Waals surface area contributed by atoms with Crippen LogP contribution < -0.4 is 0 Å². The molecule has 8 nitrogen and oxygen atoms in total. The maximum absolute atomic E-state index is 9.27. The zero-order valence-electron chi connectivity index (χ0n) is 25.6. The van der Waals surface area contributed by atoms with Crippen LogP contribution in [0.5, 0.6) is 0 Å². The minimum Gasteiger partial charge on any atom is -0.396 e. The molecule has 0 bridgehead atoms. The third kappa shape index (κ3) is 17.8. The van der Waals surface area contributed by atoms with Gasteiger partial charge in [0.2, 0.25) is 0 Å². The van der Waals surface area contributed by atoms with Gasteiger partial charge in [-0.15, -0.1) is 0 Å². The Bertz CT molecular complexity index is 479. The van der Waals surface area contributed by atoms with Crippen LogP contribution in [0.1, 0.15) is 88.0 Å². The topological polar surface area (TPSA) is 123 Å². The Morgan fingerprint density at radius 1 is 0.838 bits per heavy atom. The lowest BCUT2D eigenvalue weighted by atomic mass is 9.79. The van der Waals surface area contributed by atoms with Crippen molar-refractivity contribution in [1.29, 1.82) is 0 Å². The van der Waals surface area contributed by atoms with Crippen LogP contribution in [0.15, 0.2) is 0 Å². The molecule has 2 fully saturated rings. The lowest BCUT2D eigenvalue weighted by molar-refractivity contribution is 0.0173. The number of aliphatic hydroxyl groups excluding tert-OH is 5. The number of hydrogen-bond donors (Lipinski definition) is 5. The molecule has 0 aromatic carbocycles. The predicted molar refractivity (Wildman–Crippen MR) is 152 cm³/mol. The molecule has 0 aliphatic carbocycles. The molecule has 0 saturated carbocycles. The molecule has 0 radical (unpaired) electrons. The summed E-state index contributed by atoms with van der Waals surface area (Å²) in [6, 6.07) is 0. The summed E-state index contributed by atoms with van der Waals surface area (Å²) in [6.07, 6.45) is 3.79. The van der Waals surface area contributed by atoms with Gasteiger partial charge < -0.3 is 35.0 Å². The van der Waals surface area contributed by atoms with Crippen LogP contribution >= 0.6 is 0 Å². The lowest BCUT2D eigenvalue weighted by Crippen LogP contribution is -2.32. The van der Waals surface area contributed by atoms with Crippen LogP contribution in [-0.4, -0.2) is 108 Å². The van der Waals surface area contributed by atoms with Crippen molar-refractivity contribution in [3.05, 3.63) is 0 Å². The van der Waals surface area contributed by atoms with Crippen LogP contribution in [0.25, 0.3) is 0 Å². The summed E-state index contributed by atoms with van der Waals surface area (Å²) >= 11 is 0. The van der Waals surface area contributed by atoms with Crippen molar-refractivity contribution in [2.24, 2.45) is 22.7 Å². The van der Waals surface area contributed by atoms with E-state index in [1.165, 1.54) is 6.42 Å². The third-order valence-electron chi connectivity index (χ3n) is 6.55. The van der Waals surface area contributed by atoms with E-state index >= 15 is 0 Å². The van der Waals surface area contributed by atoms with Crippen molar-refractivity contribution in [2.75, 3.05) is 59.3 Å². The van der Waals surface area contributed by atoms with Crippen molar-refractivity contribution in [3.8, 4) is 0 Å². The largest absolute Gasteiger partial charge is 0.396 e. The molecule has 5 N–H and O–H groups in total. The summed E-state index contributed by atoms with van der Waals surface area (Å²) < 4.78 is 10.7. The van der Waals surface area contributed by atoms with Crippen LogP contribution in [0.2, 0.25) is 0 Å². The minimum absolute atomic E-state index is 0.0463. The Morgan fingerprint density at radius 2 is 1.32 bits per heavy atom. The molecule has 0 unspecified atom stereocenters. The smallest absolute Gasteiger partial charge is 0.112 e. The summed E-state index contributed by atoms with van der Waals surface area (Å²) in [7, 11) is 0. The van der Waals surface area contributed by atoms with Gasteiger partial charge in [-0.1, -0.05) is 68.7 Å². The van der Waals surface area contributed by atoms with E-state index in [0.29, 0.717) is 36.9 Å². The summed E-state index contributed by atoms with van der Waals surface area (Å²) in [5.41, 5.74) is 0.0807. The normalized spacial score (nSPS) is 23.0. The van der Waals surface area contributed by atoms with Crippen LogP contribution in [0.3, 0.4) is 0 Å². The highest BCUT2D eigenvalue weighted by atomic mass is 16.6. The van der Waals surface area contributed by atoms with E-state index in [1.807, 2.05) is 6.92 Å². The van der Waals surface area contributed by atoms with Gasteiger partial charge in [0.05, 0.1) is 45.7 Å².